The highest BCUT2D eigenvalue weighted by molar-refractivity contribution is 5.94. The highest BCUT2D eigenvalue weighted by Crippen LogP contribution is 2.25. The lowest BCUT2D eigenvalue weighted by Crippen LogP contribution is -2.48. The molecule has 1 saturated heterocycles. The van der Waals surface area contributed by atoms with Crippen molar-refractivity contribution in [3.8, 4) is 11.5 Å². The van der Waals surface area contributed by atoms with Gasteiger partial charge in [0.05, 0.1) is 14.2 Å². The fraction of sp³-hybridized carbons (Fsp3) is 0.409. The minimum absolute atomic E-state index is 0.122. The topological polar surface area (TPSA) is 42.0 Å². The molecule has 144 valence electrons. The quantitative estimate of drug-likeness (QED) is 0.785. The van der Waals surface area contributed by atoms with Gasteiger partial charge in [-0.05, 0) is 42.3 Å². The summed E-state index contributed by atoms with van der Waals surface area (Å²) in [6.07, 6.45) is 0.987. The Kier molecular flexibility index (Phi) is 6.35. The Hall–Kier alpha value is -2.53. The number of aryl methyl sites for hydroxylation is 1. The molecule has 0 unspecified atom stereocenters. The van der Waals surface area contributed by atoms with E-state index in [0.29, 0.717) is 0 Å². The maximum Gasteiger partial charge on any atom is 0.253 e. The Balaban J connectivity index is 1.59. The standard InChI is InChI=1S/C22H28N2O3/c1-4-17-5-7-18(8-6-17)22(25)24-13-11-23(12-14-24)16-19-15-20(26-2)9-10-21(19)27-3/h5-10,15H,4,11-14,16H2,1-3H3. The van der Waals surface area contributed by atoms with Crippen LogP contribution >= 0.6 is 0 Å². The molecule has 1 heterocycles. The molecular formula is C22H28N2O3. The first-order chi connectivity index (χ1) is 13.1. The van der Waals surface area contributed by atoms with Crippen LogP contribution in [0.1, 0.15) is 28.4 Å². The predicted octanol–water partition coefficient (Wildman–Crippen LogP) is 3.22. The van der Waals surface area contributed by atoms with Crippen molar-refractivity contribution in [1.82, 2.24) is 9.80 Å². The molecule has 1 fully saturated rings. The van der Waals surface area contributed by atoms with E-state index in [2.05, 4.69) is 11.8 Å². The molecule has 5 heteroatoms. The molecule has 0 N–H and O–H groups in total. The number of hydrogen-bond acceptors (Lipinski definition) is 4. The number of nitrogens with zero attached hydrogens (tertiary/aromatic N) is 2. The number of rotatable bonds is 6. The zero-order chi connectivity index (χ0) is 19.2. The van der Waals surface area contributed by atoms with Crippen LogP contribution in [-0.2, 0) is 13.0 Å². The van der Waals surface area contributed by atoms with Gasteiger partial charge >= 0.3 is 0 Å². The molecular weight excluding hydrogens is 340 g/mol. The van der Waals surface area contributed by atoms with Gasteiger partial charge in [-0.15, -0.1) is 0 Å². The molecule has 0 bridgehead atoms. The molecule has 0 aromatic heterocycles. The monoisotopic (exact) mass is 368 g/mol. The Morgan fingerprint density at radius 3 is 2.26 bits per heavy atom. The first-order valence-corrected chi connectivity index (χ1v) is 9.46. The van der Waals surface area contributed by atoms with E-state index >= 15 is 0 Å². The minimum Gasteiger partial charge on any atom is -0.497 e. The number of methoxy groups -OCH3 is 2. The zero-order valence-electron chi connectivity index (χ0n) is 16.4. The summed E-state index contributed by atoms with van der Waals surface area (Å²) < 4.78 is 10.8. The van der Waals surface area contributed by atoms with E-state index in [1.54, 1.807) is 14.2 Å². The summed E-state index contributed by atoms with van der Waals surface area (Å²) in [6.45, 7) is 6.07. The van der Waals surface area contributed by atoms with Gasteiger partial charge in [0, 0.05) is 43.9 Å². The highest BCUT2D eigenvalue weighted by atomic mass is 16.5. The van der Waals surface area contributed by atoms with Gasteiger partial charge in [0.25, 0.3) is 5.91 Å². The summed E-state index contributed by atoms with van der Waals surface area (Å²) in [7, 11) is 3.36. The van der Waals surface area contributed by atoms with E-state index in [9.17, 15) is 4.79 Å². The third kappa shape index (κ3) is 4.61. The van der Waals surface area contributed by atoms with Gasteiger partial charge < -0.3 is 14.4 Å². The van der Waals surface area contributed by atoms with Crippen LogP contribution in [0.5, 0.6) is 11.5 Å². The van der Waals surface area contributed by atoms with Crippen LogP contribution < -0.4 is 9.47 Å². The van der Waals surface area contributed by atoms with E-state index in [1.807, 2.05) is 47.4 Å². The van der Waals surface area contributed by atoms with Crippen LogP contribution in [0.3, 0.4) is 0 Å². The molecule has 2 aromatic rings. The van der Waals surface area contributed by atoms with Gasteiger partial charge in [-0.2, -0.15) is 0 Å². The fourth-order valence-corrected chi connectivity index (χ4v) is 3.42. The molecule has 0 atom stereocenters. The van der Waals surface area contributed by atoms with Crippen molar-refractivity contribution in [2.24, 2.45) is 0 Å². The molecule has 0 radical (unpaired) electrons. The van der Waals surface area contributed by atoms with Crippen molar-refractivity contribution in [3.05, 3.63) is 59.2 Å². The first kappa shape index (κ1) is 19.2. The second-order valence-electron chi connectivity index (χ2n) is 6.80. The molecule has 0 aliphatic carbocycles. The van der Waals surface area contributed by atoms with Gasteiger partial charge in [0.2, 0.25) is 0 Å². The van der Waals surface area contributed by atoms with E-state index in [1.165, 1.54) is 5.56 Å². The molecule has 3 rings (SSSR count). The lowest BCUT2D eigenvalue weighted by molar-refractivity contribution is 0.0627. The lowest BCUT2D eigenvalue weighted by atomic mass is 10.1. The Labute approximate surface area is 161 Å². The van der Waals surface area contributed by atoms with Crippen molar-refractivity contribution < 1.29 is 14.3 Å². The molecule has 1 aliphatic heterocycles. The number of piperazine rings is 1. The fourth-order valence-electron chi connectivity index (χ4n) is 3.42. The van der Waals surface area contributed by atoms with Crippen LogP contribution in [0.15, 0.2) is 42.5 Å². The number of ether oxygens (including phenoxy) is 2. The second kappa shape index (κ2) is 8.91. The van der Waals surface area contributed by atoms with Crippen molar-refractivity contribution in [2.45, 2.75) is 19.9 Å². The van der Waals surface area contributed by atoms with Crippen molar-refractivity contribution in [1.29, 1.82) is 0 Å². The lowest BCUT2D eigenvalue weighted by Gasteiger charge is -2.35. The predicted molar refractivity (Wildman–Crippen MR) is 107 cm³/mol. The Morgan fingerprint density at radius 2 is 1.67 bits per heavy atom. The van der Waals surface area contributed by atoms with Crippen LogP contribution in [0.4, 0.5) is 0 Å². The zero-order valence-corrected chi connectivity index (χ0v) is 16.4. The maximum absolute atomic E-state index is 12.7. The summed E-state index contributed by atoms with van der Waals surface area (Å²) in [5, 5.41) is 0. The van der Waals surface area contributed by atoms with E-state index < -0.39 is 0 Å². The Bertz CT molecular complexity index is 766. The number of benzene rings is 2. The molecule has 0 saturated carbocycles. The summed E-state index contributed by atoms with van der Waals surface area (Å²) in [5.41, 5.74) is 3.13. The maximum atomic E-state index is 12.7. The van der Waals surface area contributed by atoms with Gasteiger partial charge in [-0.3, -0.25) is 9.69 Å². The molecule has 27 heavy (non-hydrogen) atoms. The second-order valence-corrected chi connectivity index (χ2v) is 6.80. The van der Waals surface area contributed by atoms with Crippen molar-refractivity contribution in [2.75, 3.05) is 40.4 Å². The van der Waals surface area contributed by atoms with E-state index in [4.69, 9.17) is 9.47 Å². The van der Waals surface area contributed by atoms with Crippen LogP contribution in [-0.4, -0.2) is 56.1 Å². The van der Waals surface area contributed by atoms with Crippen LogP contribution in [0.25, 0.3) is 0 Å². The number of carbonyl (C=O) groups is 1. The largest absolute Gasteiger partial charge is 0.497 e. The molecule has 2 aromatic carbocycles. The molecule has 5 nitrogen and oxygen atoms in total. The third-order valence-electron chi connectivity index (χ3n) is 5.15. The smallest absolute Gasteiger partial charge is 0.253 e. The molecule has 1 aliphatic rings. The van der Waals surface area contributed by atoms with Crippen LogP contribution in [0, 0.1) is 0 Å². The van der Waals surface area contributed by atoms with Gasteiger partial charge in [-0.1, -0.05) is 19.1 Å². The Morgan fingerprint density at radius 1 is 0.963 bits per heavy atom. The van der Waals surface area contributed by atoms with Gasteiger partial charge in [0.15, 0.2) is 0 Å². The van der Waals surface area contributed by atoms with Crippen molar-refractivity contribution in [3.63, 3.8) is 0 Å². The van der Waals surface area contributed by atoms with E-state index in [0.717, 1.165) is 61.8 Å². The number of hydrogen-bond donors (Lipinski definition) is 0. The first-order valence-electron chi connectivity index (χ1n) is 9.46. The van der Waals surface area contributed by atoms with Gasteiger partial charge in [-0.25, -0.2) is 0 Å². The molecule has 1 amide bonds. The summed E-state index contributed by atoms with van der Waals surface area (Å²) >= 11 is 0. The average molecular weight is 368 g/mol. The number of amides is 1. The average Bonchev–Trinajstić information content (AvgIpc) is 2.73. The van der Waals surface area contributed by atoms with Gasteiger partial charge in [0.1, 0.15) is 11.5 Å². The van der Waals surface area contributed by atoms with Crippen molar-refractivity contribution >= 4 is 5.91 Å². The summed E-state index contributed by atoms with van der Waals surface area (Å²) in [4.78, 5) is 17.0. The highest BCUT2D eigenvalue weighted by Gasteiger charge is 2.23. The minimum atomic E-state index is 0.122. The SMILES string of the molecule is CCc1ccc(C(=O)N2CCN(Cc3cc(OC)ccc3OC)CC2)cc1. The van der Waals surface area contributed by atoms with Crippen LogP contribution in [0.2, 0.25) is 0 Å². The van der Waals surface area contributed by atoms with E-state index in [-0.39, 0.29) is 5.91 Å². The normalized spacial score (nSPS) is 14.9. The summed E-state index contributed by atoms with van der Waals surface area (Å²) in [6, 6.07) is 13.8. The summed E-state index contributed by atoms with van der Waals surface area (Å²) in [5.74, 6) is 1.82. The third-order valence-corrected chi connectivity index (χ3v) is 5.15. The molecule has 0 spiro atoms. The number of carbonyl (C=O) groups excluding carboxylic acids is 1.